The van der Waals surface area contributed by atoms with E-state index < -0.39 is 11.0 Å². The van der Waals surface area contributed by atoms with Crippen LogP contribution in [-0.2, 0) is 21.4 Å². The van der Waals surface area contributed by atoms with E-state index in [4.69, 9.17) is 4.74 Å². The molecule has 1 aromatic carbocycles. The number of hydrogen-bond acceptors (Lipinski definition) is 6. The zero-order valence-electron chi connectivity index (χ0n) is 19.0. The van der Waals surface area contributed by atoms with Crippen molar-refractivity contribution in [1.82, 2.24) is 4.90 Å². The average molecular weight is 428 g/mol. The van der Waals surface area contributed by atoms with Crippen LogP contribution in [0.5, 0.6) is 11.5 Å². The summed E-state index contributed by atoms with van der Waals surface area (Å²) in [6.07, 6.45) is 7.97. The standard InChI is InChI=1S/C18H23NO4.C7H10O/c1-4-11(20)8-17-9-14-18(17,22)13(19(14)2)7-10-5-6-12(23-3)16(21)15(10)17;1-7(2)5-3-4-6-8/h5-6,13-14,21-22H,4,7-9H2,1-3H3;3-6H,1-2H3/b;4-3+. The van der Waals surface area contributed by atoms with Crippen LogP contribution in [0.25, 0.3) is 0 Å². The molecule has 1 aliphatic heterocycles. The van der Waals surface area contributed by atoms with E-state index in [2.05, 4.69) is 4.90 Å². The molecule has 0 bridgehead atoms. The van der Waals surface area contributed by atoms with E-state index in [0.717, 1.165) is 17.4 Å². The van der Waals surface area contributed by atoms with Gasteiger partial charge in [-0.15, -0.1) is 0 Å². The van der Waals surface area contributed by atoms with Gasteiger partial charge in [-0.25, -0.2) is 0 Å². The highest BCUT2D eigenvalue weighted by Crippen LogP contribution is 2.69. The number of fused-ring (bicyclic) bond motifs is 2. The molecule has 3 aliphatic rings. The topological polar surface area (TPSA) is 87.1 Å². The van der Waals surface area contributed by atoms with Gasteiger partial charge in [0.15, 0.2) is 11.5 Å². The monoisotopic (exact) mass is 427 g/mol. The summed E-state index contributed by atoms with van der Waals surface area (Å²) in [6, 6.07) is 3.83. The highest BCUT2D eigenvalue weighted by molar-refractivity contribution is 5.82. The predicted octanol–water partition coefficient (Wildman–Crippen LogP) is 3.09. The molecule has 0 aromatic heterocycles. The maximum atomic E-state index is 12.2. The van der Waals surface area contributed by atoms with Crippen molar-refractivity contribution in [3.05, 3.63) is 47.1 Å². The van der Waals surface area contributed by atoms with Crippen molar-refractivity contribution in [1.29, 1.82) is 0 Å². The van der Waals surface area contributed by atoms with Crippen LogP contribution in [-0.4, -0.2) is 59.0 Å². The highest BCUT2D eigenvalue weighted by atomic mass is 16.5. The normalized spacial score (nSPS) is 30.0. The molecule has 2 aliphatic carbocycles. The summed E-state index contributed by atoms with van der Waals surface area (Å²) >= 11 is 0. The summed E-state index contributed by atoms with van der Waals surface area (Å²) in [5.74, 6) is 0.624. The summed E-state index contributed by atoms with van der Waals surface area (Å²) in [5, 5.41) is 22.1. The molecule has 4 atom stereocenters. The molecule has 6 heteroatoms. The number of phenols is 1. The lowest BCUT2D eigenvalue weighted by Gasteiger charge is -2.78. The summed E-state index contributed by atoms with van der Waals surface area (Å²) in [6.45, 7) is 5.81. The van der Waals surface area contributed by atoms with E-state index in [9.17, 15) is 19.8 Å². The zero-order chi connectivity index (χ0) is 23.0. The van der Waals surface area contributed by atoms with Crippen molar-refractivity contribution in [2.45, 2.75) is 69.6 Å². The molecule has 4 unspecified atom stereocenters. The van der Waals surface area contributed by atoms with Crippen LogP contribution in [0.3, 0.4) is 0 Å². The molecule has 1 aromatic rings. The Balaban J connectivity index is 0.000000293. The number of likely N-dealkylation sites (N-methyl/N-ethyl adjacent to an activating group) is 1. The maximum absolute atomic E-state index is 12.2. The van der Waals surface area contributed by atoms with Gasteiger partial charge in [-0.3, -0.25) is 14.5 Å². The fourth-order valence-corrected chi connectivity index (χ4v) is 5.63. The van der Waals surface area contributed by atoms with Gasteiger partial charge in [0.1, 0.15) is 17.7 Å². The molecule has 1 saturated carbocycles. The predicted molar refractivity (Wildman–Crippen MR) is 119 cm³/mol. The van der Waals surface area contributed by atoms with Gasteiger partial charge >= 0.3 is 0 Å². The molecular formula is C25H33NO5. The van der Waals surface area contributed by atoms with Gasteiger partial charge in [-0.2, -0.15) is 0 Å². The molecule has 0 amide bonds. The number of aromatic hydroxyl groups is 1. The number of carbonyl (C=O) groups excluding carboxylic acids is 2. The number of nitrogens with zero attached hydrogens (tertiary/aromatic N) is 1. The number of ketones is 1. The minimum Gasteiger partial charge on any atom is -0.504 e. The van der Waals surface area contributed by atoms with Gasteiger partial charge in [0, 0.05) is 35.9 Å². The Morgan fingerprint density at radius 2 is 2.00 bits per heavy atom. The number of carbonyl (C=O) groups is 2. The van der Waals surface area contributed by atoms with Gasteiger partial charge in [-0.05, 0) is 51.4 Å². The van der Waals surface area contributed by atoms with E-state index >= 15 is 0 Å². The molecule has 1 saturated heterocycles. The second-order valence-corrected chi connectivity index (χ2v) is 9.00. The van der Waals surface area contributed by atoms with E-state index in [-0.39, 0.29) is 30.0 Å². The summed E-state index contributed by atoms with van der Waals surface area (Å²) in [7, 11) is 3.55. The van der Waals surface area contributed by atoms with Crippen LogP contribution < -0.4 is 4.74 Å². The molecule has 1 heterocycles. The Morgan fingerprint density at radius 3 is 2.58 bits per heavy atom. The van der Waals surface area contributed by atoms with Crippen LogP contribution in [0, 0.1) is 0 Å². The number of ether oxygens (including phenoxy) is 1. The second kappa shape index (κ2) is 8.60. The Morgan fingerprint density at radius 1 is 1.29 bits per heavy atom. The third-order valence-corrected chi connectivity index (χ3v) is 7.16. The van der Waals surface area contributed by atoms with Crippen molar-refractivity contribution in [2.75, 3.05) is 14.2 Å². The number of aldehydes is 1. The molecule has 0 radical (unpaired) electrons. The Bertz CT molecular complexity index is 932. The van der Waals surface area contributed by atoms with Crippen molar-refractivity contribution in [3.63, 3.8) is 0 Å². The number of likely N-dealkylation sites (tertiary alicyclic amines) is 1. The number of allylic oxidation sites excluding steroid dienone is 4. The van der Waals surface area contributed by atoms with Gasteiger partial charge in [0.05, 0.1) is 7.11 Å². The minimum absolute atomic E-state index is 0.0196. The lowest BCUT2D eigenvalue weighted by atomic mass is 9.38. The molecular weight excluding hydrogens is 394 g/mol. The molecule has 0 spiro atoms. The number of methoxy groups -OCH3 is 1. The first-order valence-electron chi connectivity index (χ1n) is 10.8. The van der Waals surface area contributed by atoms with Crippen LogP contribution in [0.15, 0.2) is 35.9 Å². The van der Waals surface area contributed by atoms with Gasteiger partial charge in [-0.1, -0.05) is 30.7 Å². The molecule has 4 rings (SSSR count). The Kier molecular flexibility index (Phi) is 6.44. The molecule has 168 valence electrons. The third-order valence-electron chi connectivity index (χ3n) is 7.16. The number of hydrogen-bond donors (Lipinski definition) is 2. The number of aliphatic hydroxyl groups is 1. The van der Waals surface area contributed by atoms with Crippen molar-refractivity contribution < 1.29 is 24.5 Å². The lowest BCUT2D eigenvalue weighted by Crippen LogP contribution is -2.92. The quantitative estimate of drug-likeness (QED) is 0.412. The fraction of sp³-hybridized carbons (Fsp3) is 0.520. The number of rotatable bonds is 6. The summed E-state index contributed by atoms with van der Waals surface area (Å²) < 4.78 is 5.26. The smallest absolute Gasteiger partial charge is 0.161 e. The van der Waals surface area contributed by atoms with E-state index in [1.54, 1.807) is 12.1 Å². The molecule has 2 N–H and O–H groups in total. The van der Waals surface area contributed by atoms with Crippen LogP contribution in [0.1, 0.15) is 51.2 Å². The number of piperidine rings is 1. The van der Waals surface area contributed by atoms with Crippen molar-refractivity contribution in [3.8, 4) is 11.5 Å². The summed E-state index contributed by atoms with van der Waals surface area (Å²) in [5.41, 5.74) is 1.37. The maximum Gasteiger partial charge on any atom is 0.161 e. The molecule has 6 nitrogen and oxygen atoms in total. The first-order valence-corrected chi connectivity index (χ1v) is 10.8. The molecule has 2 fully saturated rings. The summed E-state index contributed by atoms with van der Waals surface area (Å²) in [4.78, 5) is 24.1. The number of benzene rings is 1. The third kappa shape index (κ3) is 3.42. The van der Waals surface area contributed by atoms with Crippen LogP contribution in [0.4, 0.5) is 0 Å². The molecule has 31 heavy (non-hydrogen) atoms. The number of Topliss-reactive ketones (excluding diaryl/α,β-unsaturated/α-hetero) is 1. The first kappa shape index (κ1) is 23.2. The number of phenolic OH excluding ortho intramolecular Hbond substituents is 1. The highest BCUT2D eigenvalue weighted by Gasteiger charge is 2.79. The minimum atomic E-state index is -0.913. The van der Waals surface area contributed by atoms with E-state index in [1.807, 2.05) is 40.0 Å². The van der Waals surface area contributed by atoms with Crippen molar-refractivity contribution >= 4 is 12.1 Å². The van der Waals surface area contributed by atoms with Gasteiger partial charge < -0.3 is 14.9 Å². The van der Waals surface area contributed by atoms with Crippen LogP contribution in [0.2, 0.25) is 0 Å². The second-order valence-electron chi connectivity index (χ2n) is 9.00. The SMILES string of the molecule is CC(C)=C/C=C/C=O.CCC(=O)CC12CC3N(C)C(Cc4ccc(OC)c(O)c41)C32O. The largest absolute Gasteiger partial charge is 0.504 e. The Hall–Kier alpha value is -2.44. The first-order chi connectivity index (χ1) is 14.7. The zero-order valence-corrected chi connectivity index (χ0v) is 19.0. The fourth-order valence-electron chi connectivity index (χ4n) is 5.63. The van der Waals surface area contributed by atoms with E-state index in [0.29, 0.717) is 25.0 Å². The lowest BCUT2D eigenvalue weighted by molar-refractivity contribution is -0.306. The average Bonchev–Trinajstić information content (AvgIpc) is 2.73. The Labute approximate surface area is 184 Å². The van der Waals surface area contributed by atoms with Crippen molar-refractivity contribution in [2.24, 2.45) is 0 Å². The van der Waals surface area contributed by atoms with Crippen LogP contribution >= 0.6 is 0 Å². The van der Waals surface area contributed by atoms with Gasteiger partial charge in [0.2, 0.25) is 0 Å². The van der Waals surface area contributed by atoms with Gasteiger partial charge in [0.25, 0.3) is 0 Å². The van der Waals surface area contributed by atoms with E-state index in [1.165, 1.54) is 18.8 Å².